The minimum absolute atomic E-state index is 0.216. The van der Waals surface area contributed by atoms with E-state index in [-0.39, 0.29) is 10.8 Å². The number of nitrogens with one attached hydrogen (secondary N) is 2. The standard InChI is InChI=1S/C20H18N6O3S/c1-13(27)24-19-9-14(7-8-21-19)26-10-16(17(11-26)20-22-12-23-25-20)15-5-3-4-6-18(15)30(2,28)29/h3-12H,1-2H3,(H,21,24,27)(H,22,23,25). The van der Waals surface area contributed by atoms with Crippen molar-refractivity contribution in [2.75, 3.05) is 11.6 Å². The lowest BCUT2D eigenvalue weighted by molar-refractivity contribution is -0.114. The minimum atomic E-state index is -3.46. The second-order valence-electron chi connectivity index (χ2n) is 6.66. The zero-order valence-corrected chi connectivity index (χ0v) is 17.0. The van der Waals surface area contributed by atoms with Gasteiger partial charge in [0.1, 0.15) is 12.1 Å². The number of aromatic amines is 1. The highest BCUT2D eigenvalue weighted by atomic mass is 32.2. The number of sulfone groups is 1. The first-order chi connectivity index (χ1) is 14.3. The highest BCUT2D eigenvalue weighted by Crippen LogP contribution is 2.36. The predicted octanol–water partition coefficient (Wildman–Crippen LogP) is 2.69. The van der Waals surface area contributed by atoms with Crippen LogP contribution in [0, 0.1) is 0 Å². The Balaban J connectivity index is 1.92. The van der Waals surface area contributed by atoms with Gasteiger partial charge in [-0.05, 0) is 12.1 Å². The number of anilines is 1. The lowest BCUT2D eigenvalue weighted by Crippen LogP contribution is -2.07. The maximum absolute atomic E-state index is 12.4. The molecule has 152 valence electrons. The van der Waals surface area contributed by atoms with Crippen LogP contribution in [0.4, 0.5) is 5.82 Å². The fraction of sp³-hybridized carbons (Fsp3) is 0.100. The molecule has 0 saturated heterocycles. The molecule has 1 amide bonds. The summed E-state index contributed by atoms with van der Waals surface area (Å²) < 4.78 is 26.5. The van der Waals surface area contributed by atoms with Crippen LogP contribution in [-0.2, 0) is 14.6 Å². The summed E-state index contributed by atoms with van der Waals surface area (Å²) >= 11 is 0. The van der Waals surface area contributed by atoms with Crippen molar-refractivity contribution < 1.29 is 13.2 Å². The number of nitrogens with zero attached hydrogens (tertiary/aromatic N) is 4. The molecule has 0 saturated carbocycles. The molecule has 1 aromatic carbocycles. The maximum atomic E-state index is 12.4. The van der Waals surface area contributed by atoms with Gasteiger partial charge in [0.15, 0.2) is 15.7 Å². The van der Waals surface area contributed by atoms with Crippen molar-refractivity contribution in [2.45, 2.75) is 11.8 Å². The molecule has 3 aromatic heterocycles. The number of H-pyrrole nitrogens is 1. The van der Waals surface area contributed by atoms with E-state index in [2.05, 4.69) is 25.5 Å². The molecule has 0 bridgehead atoms. The average molecular weight is 422 g/mol. The predicted molar refractivity (Wildman–Crippen MR) is 112 cm³/mol. The molecule has 3 heterocycles. The number of hydrogen-bond donors (Lipinski definition) is 2. The molecule has 4 rings (SSSR count). The molecule has 10 heteroatoms. The summed E-state index contributed by atoms with van der Waals surface area (Å²) in [6.45, 7) is 1.41. The first kappa shape index (κ1) is 19.5. The molecule has 4 aromatic rings. The molecule has 0 aliphatic heterocycles. The van der Waals surface area contributed by atoms with Gasteiger partial charge in [0.05, 0.1) is 10.6 Å². The second-order valence-corrected chi connectivity index (χ2v) is 8.65. The number of carbonyl (C=O) groups excluding carboxylic acids is 1. The Bertz CT molecular complexity index is 1330. The van der Waals surface area contributed by atoms with Crippen LogP contribution < -0.4 is 5.32 Å². The number of carbonyl (C=O) groups is 1. The van der Waals surface area contributed by atoms with Crippen molar-refractivity contribution >= 4 is 21.6 Å². The first-order valence-electron chi connectivity index (χ1n) is 8.94. The smallest absolute Gasteiger partial charge is 0.222 e. The van der Waals surface area contributed by atoms with E-state index >= 15 is 0 Å². The van der Waals surface area contributed by atoms with E-state index in [1.54, 1.807) is 42.6 Å². The molecule has 0 fully saturated rings. The Hall–Kier alpha value is -3.79. The molecular formula is C20H18N6O3S. The number of hydrogen-bond acceptors (Lipinski definition) is 6. The number of benzene rings is 1. The van der Waals surface area contributed by atoms with E-state index in [1.807, 2.05) is 17.0 Å². The first-order valence-corrected chi connectivity index (χ1v) is 10.8. The summed E-state index contributed by atoms with van der Waals surface area (Å²) in [4.78, 5) is 19.9. The highest BCUT2D eigenvalue weighted by molar-refractivity contribution is 7.90. The fourth-order valence-electron chi connectivity index (χ4n) is 3.18. The van der Waals surface area contributed by atoms with Crippen molar-refractivity contribution in [3.63, 3.8) is 0 Å². The van der Waals surface area contributed by atoms with Crippen LogP contribution in [0.1, 0.15) is 6.92 Å². The van der Waals surface area contributed by atoms with Crippen LogP contribution in [0.15, 0.2) is 66.2 Å². The van der Waals surface area contributed by atoms with Gasteiger partial charge in [-0.15, -0.1) is 0 Å². The Morgan fingerprint density at radius 1 is 1.07 bits per heavy atom. The third-order valence-electron chi connectivity index (χ3n) is 4.40. The normalized spacial score (nSPS) is 11.4. The summed E-state index contributed by atoms with van der Waals surface area (Å²) in [7, 11) is -3.46. The van der Waals surface area contributed by atoms with E-state index < -0.39 is 9.84 Å². The van der Waals surface area contributed by atoms with Crippen LogP contribution in [0.5, 0.6) is 0 Å². The minimum Gasteiger partial charge on any atom is -0.322 e. The third-order valence-corrected chi connectivity index (χ3v) is 5.56. The van der Waals surface area contributed by atoms with Gasteiger partial charge in [-0.2, -0.15) is 5.10 Å². The van der Waals surface area contributed by atoms with Crippen LogP contribution in [-0.4, -0.2) is 45.3 Å². The number of amides is 1. The number of rotatable bonds is 5. The lowest BCUT2D eigenvalue weighted by atomic mass is 10.0. The van der Waals surface area contributed by atoms with Crippen molar-refractivity contribution in [1.82, 2.24) is 24.7 Å². The van der Waals surface area contributed by atoms with Gasteiger partial charge in [0.25, 0.3) is 0 Å². The Kier molecular flexibility index (Phi) is 4.92. The highest BCUT2D eigenvalue weighted by Gasteiger charge is 2.21. The third kappa shape index (κ3) is 3.85. The van der Waals surface area contributed by atoms with E-state index in [0.717, 1.165) is 5.69 Å². The average Bonchev–Trinajstić information content (AvgIpc) is 3.37. The van der Waals surface area contributed by atoms with Crippen LogP contribution >= 0.6 is 0 Å². The van der Waals surface area contributed by atoms with E-state index in [1.165, 1.54) is 19.5 Å². The zero-order valence-electron chi connectivity index (χ0n) is 16.2. The van der Waals surface area contributed by atoms with Gasteiger partial charge in [0, 0.05) is 54.5 Å². The van der Waals surface area contributed by atoms with E-state index in [9.17, 15) is 13.2 Å². The summed E-state index contributed by atoms with van der Waals surface area (Å²) in [6, 6.07) is 10.3. The molecule has 0 radical (unpaired) electrons. The molecule has 0 atom stereocenters. The van der Waals surface area contributed by atoms with E-state index in [0.29, 0.717) is 28.3 Å². The fourth-order valence-corrected chi connectivity index (χ4v) is 4.08. The Morgan fingerprint density at radius 2 is 1.83 bits per heavy atom. The van der Waals surface area contributed by atoms with Gasteiger partial charge >= 0.3 is 0 Å². The van der Waals surface area contributed by atoms with Gasteiger partial charge in [0.2, 0.25) is 5.91 Å². The Labute approximate surface area is 172 Å². The van der Waals surface area contributed by atoms with Crippen molar-refractivity contribution in [2.24, 2.45) is 0 Å². The second kappa shape index (κ2) is 7.56. The largest absolute Gasteiger partial charge is 0.322 e. The van der Waals surface area contributed by atoms with Gasteiger partial charge in [-0.3, -0.25) is 9.89 Å². The van der Waals surface area contributed by atoms with Crippen molar-refractivity contribution in [3.05, 3.63) is 61.3 Å². The SMILES string of the molecule is CC(=O)Nc1cc(-n2cc(-c3nc[nH]n3)c(-c3ccccc3S(C)(=O)=O)c2)ccn1. The van der Waals surface area contributed by atoms with Crippen LogP contribution in [0.25, 0.3) is 28.2 Å². The van der Waals surface area contributed by atoms with E-state index in [4.69, 9.17) is 0 Å². The maximum Gasteiger partial charge on any atom is 0.222 e. The summed E-state index contributed by atoms with van der Waals surface area (Å²) in [6.07, 6.45) is 7.84. The topological polar surface area (TPSA) is 123 Å². The monoisotopic (exact) mass is 422 g/mol. The number of aromatic nitrogens is 5. The van der Waals surface area contributed by atoms with Crippen LogP contribution in [0.3, 0.4) is 0 Å². The summed E-state index contributed by atoms with van der Waals surface area (Å²) in [5, 5.41) is 9.50. The zero-order chi connectivity index (χ0) is 21.3. The quantitative estimate of drug-likeness (QED) is 0.510. The Morgan fingerprint density at radius 3 is 2.53 bits per heavy atom. The van der Waals surface area contributed by atoms with Crippen molar-refractivity contribution in [3.8, 4) is 28.2 Å². The molecule has 0 spiro atoms. The van der Waals surface area contributed by atoms with Gasteiger partial charge < -0.3 is 9.88 Å². The van der Waals surface area contributed by atoms with Crippen molar-refractivity contribution in [1.29, 1.82) is 0 Å². The molecular weight excluding hydrogens is 404 g/mol. The molecule has 0 aliphatic carbocycles. The molecule has 2 N–H and O–H groups in total. The molecule has 0 aliphatic rings. The molecule has 0 unspecified atom stereocenters. The van der Waals surface area contributed by atoms with Crippen LogP contribution in [0.2, 0.25) is 0 Å². The lowest BCUT2D eigenvalue weighted by Gasteiger charge is -2.08. The molecule has 9 nitrogen and oxygen atoms in total. The summed E-state index contributed by atoms with van der Waals surface area (Å²) in [5.74, 6) is 0.616. The molecule has 30 heavy (non-hydrogen) atoms. The van der Waals surface area contributed by atoms with Gasteiger partial charge in [-0.1, -0.05) is 18.2 Å². The summed E-state index contributed by atoms with van der Waals surface area (Å²) in [5.41, 5.74) is 2.60. The number of pyridine rings is 1. The van der Waals surface area contributed by atoms with Gasteiger partial charge in [-0.25, -0.2) is 18.4 Å².